The second-order valence-electron chi connectivity index (χ2n) is 6.26. The molecule has 0 amide bonds. The molecule has 0 saturated heterocycles. The van der Waals surface area contributed by atoms with Gasteiger partial charge >= 0.3 is 0 Å². The summed E-state index contributed by atoms with van der Waals surface area (Å²) in [5.74, 6) is 0.506. The largest absolute Gasteiger partial charge is 0.493 e. The summed E-state index contributed by atoms with van der Waals surface area (Å²) in [5.41, 5.74) is 2.17. The Balaban J connectivity index is 1.66. The van der Waals surface area contributed by atoms with E-state index >= 15 is 0 Å². The number of hydrogen-bond donors (Lipinski definition) is 3. The van der Waals surface area contributed by atoms with Crippen LogP contribution in [-0.4, -0.2) is 32.7 Å². The van der Waals surface area contributed by atoms with Crippen LogP contribution in [0.2, 0.25) is 0 Å². The first kappa shape index (κ1) is 17.0. The fourth-order valence-corrected chi connectivity index (χ4v) is 2.97. The highest BCUT2D eigenvalue weighted by Gasteiger charge is 2.17. The average Bonchev–Trinajstić information content (AvgIpc) is 3.27. The maximum Gasteiger partial charge on any atom is 0.220 e. The predicted molar refractivity (Wildman–Crippen MR) is 104 cm³/mol. The van der Waals surface area contributed by atoms with E-state index in [-0.39, 0.29) is 18.5 Å². The van der Waals surface area contributed by atoms with Gasteiger partial charge in [-0.15, -0.1) is 0 Å². The van der Waals surface area contributed by atoms with Crippen molar-refractivity contribution in [1.29, 1.82) is 0 Å². The lowest BCUT2D eigenvalue weighted by Gasteiger charge is -2.17. The Labute approximate surface area is 155 Å². The summed E-state index contributed by atoms with van der Waals surface area (Å²) in [6, 6.07) is 15.0. The first-order valence-electron chi connectivity index (χ1n) is 8.56. The fraction of sp³-hybridized carbons (Fsp3) is 0.150. The third-order valence-corrected chi connectivity index (χ3v) is 4.48. The number of aliphatic hydroxyl groups excluding tert-OH is 1. The first-order valence-corrected chi connectivity index (χ1v) is 8.56. The highest BCUT2D eigenvalue weighted by atomic mass is 16.3. The highest BCUT2D eigenvalue weighted by Crippen LogP contribution is 2.25. The van der Waals surface area contributed by atoms with Crippen LogP contribution < -0.4 is 15.9 Å². The monoisotopic (exact) mass is 361 g/mol. The van der Waals surface area contributed by atoms with Gasteiger partial charge in [-0.3, -0.25) is 4.57 Å². The molecular formula is C20H19N5O2. The minimum atomic E-state index is -0.324. The number of rotatable bonds is 5. The topological polar surface area (TPSA) is 95.0 Å². The summed E-state index contributed by atoms with van der Waals surface area (Å²) in [5, 5.41) is 25.1. The number of aromatic hydroxyl groups is 1. The lowest BCUT2D eigenvalue weighted by molar-refractivity contribution is 0.275. The third-order valence-electron chi connectivity index (χ3n) is 4.48. The number of fused-ring (bicyclic) bond motifs is 1. The number of aliphatic hydroxyl groups is 1. The van der Waals surface area contributed by atoms with Gasteiger partial charge < -0.3 is 15.5 Å². The van der Waals surface area contributed by atoms with E-state index in [9.17, 15) is 10.2 Å². The van der Waals surface area contributed by atoms with Gasteiger partial charge in [0.25, 0.3) is 0 Å². The van der Waals surface area contributed by atoms with Crippen LogP contribution in [0.15, 0.2) is 58.5 Å². The molecule has 7 heteroatoms. The molecule has 0 unspecified atom stereocenters. The molecule has 2 aromatic carbocycles. The lowest BCUT2D eigenvalue weighted by atomic mass is 10.1. The molecule has 0 saturated carbocycles. The van der Waals surface area contributed by atoms with Crippen LogP contribution in [0.3, 0.4) is 0 Å². The Morgan fingerprint density at radius 2 is 2.00 bits per heavy atom. The fourth-order valence-electron chi connectivity index (χ4n) is 2.97. The summed E-state index contributed by atoms with van der Waals surface area (Å²) >= 11 is 0. The molecule has 136 valence electrons. The van der Waals surface area contributed by atoms with Crippen molar-refractivity contribution >= 4 is 24.1 Å². The Morgan fingerprint density at radius 1 is 1.19 bits per heavy atom. The molecule has 0 spiro atoms. The number of hydrogen-bond acceptors (Lipinski definition) is 6. The predicted octanol–water partition coefficient (Wildman–Crippen LogP) is 1.39. The van der Waals surface area contributed by atoms with Crippen molar-refractivity contribution in [2.24, 2.45) is 17.0 Å². The van der Waals surface area contributed by atoms with Crippen molar-refractivity contribution in [3.05, 3.63) is 70.4 Å². The van der Waals surface area contributed by atoms with E-state index < -0.39 is 0 Å². The second kappa shape index (κ2) is 7.05. The molecule has 0 radical (unpaired) electrons. The summed E-state index contributed by atoms with van der Waals surface area (Å²) in [7, 11) is 1.72. The first-order chi connectivity index (χ1) is 13.2. The van der Waals surface area contributed by atoms with Crippen molar-refractivity contribution in [3.63, 3.8) is 0 Å². The number of aliphatic imine (C=N–C) groups is 1. The number of imidazole rings is 1. The van der Waals surface area contributed by atoms with Gasteiger partial charge in [0, 0.05) is 7.05 Å². The van der Waals surface area contributed by atoms with Crippen LogP contribution >= 0.6 is 0 Å². The van der Waals surface area contributed by atoms with Gasteiger partial charge in [-0.05, 0) is 29.0 Å². The summed E-state index contributed by atoms with van der Waals surface area (Å²) < 4.78 is 1.55. The Morgan fingerprint density at radius 3 is 2.78 bits per heavy atom. The molecule has 3 aromatic rings. The second-order valence-corrected chi connectivity index (χ2v) is 6.26. The van der Waals surface area contributed by atoms with E-state index in [0.29, 0.717) is 11.6 Å². The molecule has 1 aliphatic rings. The minimum Gasteiger partial charge on any atom is -0.493 e. The normalized spacial score (nSPS) is 14.1. The van der Waals surface area contributed by atoms with Gasteiger partial charge in [-0.2, -0.15) is 0 Å². The summed E-state index contributed by atoms with van der Waals surface area (Å²) in [6.07, 6.45) is 3.30. The van der Waals surface area contributed by atoms with Crippen LogP contribution in [-0.2, 0) is 7.05 Å². The Bertz CT molecular complexity index is 1120. The van der Waals surface area contributed by atoms with E-state index in [1.165, 1.54) is 6.34 Å². The molecular weight excluding hydrogens is 342 g/mol. The van der Waals surface area contributed by atoms with Crippen molar-refractivity contribution in [2.45, 2.75) is 6.04 Å². The smallest absolute Gasteiger partial charge is 0.220 e. The van der Waals surface area contributed by atoms with Crippen molar-refractivity contribution in [2.75, 3.05) is 11.9 Å². The van der Waals surface area contributed by atoms with Crippen LogP contribution in [0.1, 0.15) is 17.3 Å². The third kappa shape index (κ3) is 3.32. The molecule has 7 nitrogen and oxygen atoms in total. The summed E-state index contributed by atoms with van der Waals surface area (Å²) in [6.45, 7) is -0.0942. The molecule has 4 rings (SSSR count). The number of benzene rings is 2. The van der Waals surface area contributed by atoms with Crippen molar-refractivity contribution in [1.82, 2.24) is 9.55 Å². The van der Waals surface area contributed by atoms with E-state index in [4.69, 9.17) is 0 Å². The molecule has 0 bridgehead atoms. The van der Waals surface area contributed by atoms with E-state index in [1.54, 1.807) is 17.7 Å². The standard InChI is InChI=1S/C20H19N5O2/c1-25-19(27)17(10-13-7-8-15-16(9-13)22-12-21-15)23-20(25)24-18(11-26)14-5-3-2-4-6-14/h2-10,12,18,26-27H,11H2,1H3,(H,23,24)/b13-10+/t18-/m0/s1. The number of aromatic nitrogens is 2. The number of nitrogens with one attached hydrogen (secondary N) is 1. The average molecular weight is 361 g/mol. The van der Waals surface area contributed by atoms with Gasteiger partial charge in [0.15, 0.2) is 0 Å². The molecule has 0 fully saturated rings. The van der Waals surface area contributed by atoms with E-state index in [1.807, 2.05) is 48.5 Å². The lowest BCUT2D eigenvalue weighted by Crippen LogP contribution is -2.17. The number of anilines is 1. The Kier molecular flexibility index (Phi) is 4.43. The quantitative estimate of drug-likeness (QED) is 0.640. The molecule has 2 heterocycles. The molecule has 1 aliphatic heterocycles. The molecule has 3 N–H and O–H groups in total. The molecule has 27 heavy (non-hydrogen) atoms. The highest BCUT2D eigenvalue weighted by molar-refractivity contribution is 5.67. The van der Waals surface area contributed by atoms with Crippen molar-refractivity contribution < 1.29 is 10.2 Å². The van der Waals surface area contributed by atoms with Gasteiger partial charge in [0.2, 0.25) is 11.8 Å². The van der Waals surface area contributed by atoms with Crippen LogP contribution in [0.4, 0.5) is 11.6 Å². The van der Waals surface area contributed by atoms with Gasteiger partial charge in [0.1, 0.15) is 12.0 Å². The van der Waals surface area contributed by atoms with Crippen LogP contribution in [0, 0.1) is 0 Å². The van der Waals surface area contributed by atoms with E-state index in [0.717, 1.165) is 21.8 Å². The zero-order valence-electron chi connectivity index (χ0n) is 14.7. The van der Waals surface area contributed by atoms with Crippen molar-refractivity contribution in [3.8, 4) is 5.88 Å². The zero-order valence-corrected chi connectivity index (χ0v) is 14.7. The van der Waals surface area contributed by atoms with Crippen LogP contribution in [0.25, 0.3) is 6.08 Å². The summed E-state index contributed by atoms with van der Waals surface area (Å²) in [4.78, 5) is 12.8. The minimum absolute atomic E-state index is 0.0379. The van der Waals surface area contributed by atoms with Gasteiger partial charge in [-0.25, -0.2) is 15.0 Å². The van der Waals surface area contributed by atoms with Gasteiger partial charge in [0.05, 0.1) is 23.7 Å². The number of nitrogens with zero attached hydrogens (tertiary/aromatic N) is 4. The Hall–Kier alpha value is -3.45. The maximum atomic E-state index is 10.4. The van der Waals surface area contributed by atoms with Gasteiger partial charge in [-0.1, -0.05) is 36.4 Å². The SMILES string of the molecule is Cn1c(N[C@@H](CO)c2ccccc2)nc(/C=c2\ccc3c(c2)N=CN=3)c1O. The zero-order chi connectivity index (χ0) is 18.8. The molecule has 1 atom stereocenters. The molecule has 0 aliphatic carbocycles. The molecule has 1 aromatic heterocycles. The van der Waals surface area contributed by atoms with E-state index in [2.05, 4.69) is 20.3 Å². The maximum absolute atomic E-state index is 10.4. The van der Waals surface area contributed by atoms with Crippen LogP contribution in [0.5, 0.6) is 5.88 Å².